The van der Waals surface area contributed by atoms with Crippen LogP contribution in [-0.2, 0) is 24.2 Å². The summed E-state index contributed by atoms with van der Waals surface area (Å²) in [6.07, 6.45) is 3.40. The van der Waals surface area contributed by atoms with E-state index in [0.29, 0.717) is 6.04 Å². The predicted molar refractivity (Wildman–Crippen MR) is 68.0 cm³/mol. The minimum Gasteiger partial charge on any atom is -0.380 e. The largest absolute Gasteiger partial charge is 0.380 e. The second-order valence-corrected chi connectivity index (χ2v) is 4.59. The SMILES string of the molecule is CCc1cc(CNC2CCCOC2)n(CC)n1. The molecule has 1 saturated heterocycles. The fourth-order valence-corrected chi connectivity index (χ4v) is 2.25. The fourth-order valence-electron chi connectivity index (χ4n) is 2.25. The molecule has 2 rings (SSSR count). The van der Waals surface area contributed by atoms with Crippen molar-refractivity contribution in [1.82, 2.24) is 15.1 Å². The summed E-state index contributed by atoms with van der Waals surface area (Å²) in [6.45, 7) is 7.90. The number of nitrogens with zero attached hydrogens (tertiary/aromatic N) is 2. The topological polar surface area (TPSA) is 39.1 Å². The summed E-state index contributed by atoms with van der Waals surface area (Å²) < 4.78 is 7.56. The minimum absolute atomic E-state index is 0.508. The maximum Gasteiger partial charge on any atom is 0.0625 e. The van der Waals surface area contributed by atoms with Crippen LogP contribution in [0.25, 0.3) is 0 Å². The average Bonchev–Trinajstić information content (AvgIpc) is 2.80. The van der Waals surface area contributed by atoms with Crippen LogP contribution in [0.2, 0.25) is 0 Å². The molecule has 0 radical (unpaired) electrons. The van der Waals surface area contributed by atoms with Crippen LogP contribution in [0, 0.1) is 0 Å². The maximum absolute atomic E-state index is 5.47. The van der Waals surface area contributed by atoms with Gasteiger partial charge in [0, 0.05) is 25.7 Å². The van der Waals surface area contributed by atoms with Crippen molar-refractivity contribution in [3.8, 4) is 0 Å². The minimum atomic E-state index is 0.508. The summed E-state index contributed by atoms with van der Waals surface area (Å²) in [5, 5.41) is 8.12. The van der Waals surface area contributed by atoms with Gasteiger partial charge in [0.1, 0.15) is 0 Å². The molecule has 0 aliphatic carbocycles. The smallest absolute Gasteiger partial charge is 0.0625 e. The standard InChI is InChI=1S/C13H23N3O/c1-3-11-8-13(16(4-2)15-11)9-14-12-6-5-7-17-10-12/h8,12,14H,3-7,9-10H2,1-2H3. The number of nitrogens with one attached hydrogen (secondary N) is 1. The summed E-state index contributed by atoms with van der Waals surface area (Å²) in [5.74, 6) is 0. The van der Waals surface area contributed by atoms with Gasteiger partial charge in [-0.1, -0.05) is 6.92 Å². The lowest BCUT2D eigenvalue weighted by atomic mass is 10.1. The molecule has 1 aromatic heterocycles. The summed E-state index contributed by atoms with van der Waals surface area (Å²) in [4.78, 5) is 0. The van der Waals surface area contributed by atoms with E-state index in [9.17, 15) is 0 Å². The molecule has 0 spiro atoms. The van der Waals surface area contributed by atoms with Gasteiger partial charge in [-0.3, -0.25) is 4.68 Å². The fraction of sp³-hybridized carbons (Fsp3) is 0.769. The number of aromatic nitrogens is 2. The molecule has 0 saturated carbocycles. The Labute approximate surface area is 103 Å². The zero-order valence-electron chi connectivity index (χ0n) is 10.9. The summed E-state index contributed by atoms with van der Waals surface area (Å²) in [7, 11) is 0. The lowest BCUT2D eigenvalue weighted by molar-refractivity contribution is 0.0697. The maximum atomic E-state index is 5.47. The van der Waals surface area contributed by atoms with Gasteiger partial charge in [0.15, 0.2) is 0 Å². The van der Waals surface area contributed by atoms with E-state index in [1.165, 1.54) is 24.2 Å². The van der Waals surface area contributed by atoms with Crippen molar-refractivity contribution in [1.29, 1.82) is 0 Å². The van der Waals surface area contributed by atoms with Gasteiger partial charge in [0.2, 0.25) is 0 Å². The summed E-state index contributed by atoms with van der Waals surface area (Å²) in [6, 6.07) is 2.72. The van der Waals surface area contributed by atoms with Crippen LogP contribution in [0.15, 0.2) is 6.07 Å². The van der Waals surface area contributed by atoms with Crippen LogP contribution in [0.1, 0.15) is 38.1 Å². The molecule has 1 aliphatic heterocycles. The van der Waals surface area contributed by atoms with Crippen LogP contribution in [0.5, 0.6) is 0 Å². The zero-order valence-corrected chi connectivity index (χ0v) is 10.9. The highest BCUT2D eigenvalue weighted by Crippen LogP contribution is 2.09. The van der Waals surface area contributed by atoms with Crippen molar-refractivity contribution in [3.63, 3.8) is 0 Å². The second kappa shape index (κ2) is 6.17. The molecule has 17 heavy (non-hydrogen) atoms. The number of rotatable bonds is 5. The van der Waals surface area contributed by atoms with Crippen LogP contribution in [0.3, 0.4) is 0 Å². The lowest BCUT2D eigenvalue weighted by Crippen LogP contribution is -2.36. The molecular formula is C13H23N3O. The molecule has 0 aromatic carbocycles. The Morgan fingerprint density at radius 3 is 3.06 bits per heavy atom. The first-order valence-electron chi connectivity index (χ1n) is 6.70. The first-order valence-corrected chi connectivity index (χ1v) is 6.70. The molecule has 2 heterocycles. The Balaban J connectivity index is 1.90. The van der Waals surface area contributed by atoms with Crippen LogP contribution in [-0.4, -0.2) is 29.0 Å². The third-order valence-electron chi connectivity index (χ3n) is 3.31. The number of hydrogen-bond acceptors (Lipinski definition) is 3. The molecule has 1 unspecified atom stereocenters. The van der Waals surface area contributed by atoms with Crippen molar-refractivity contribution in [2.45, 2.75) is 52.2 Å². The monoisotopic (exact) mass is 237 g/mol. The Kier molecular flexibility index (Phi) is 4.57. The molecule has 96 valence electrons. The number of ether oxygens (including phenoxy) is 1. The highest BCUT2D eigenvalue weighted by Gasteiger charge is 2.14. The van der Waals surface area contributed by atoms with Crippen molar-refractivity contribution in [3.05, 3.63) is 17.5 Å². The van der Waals surface area contributed by atoms with Crippen LogP contribution >= 0.6 is 0 Å². The molecule has 1 atom stereocenters. The molecule has 0 amide bonds. The second-order valence-electron chi connectivity index (χ2n) is 4.59. The van der Waals surface area contributed by atoms with Gasteiger partial charge in [0.25, 0.3) is 0 Å². The molecule has 0 bridgehead atoms. The summed E-state index contributed by atoms with van der Waals surface area (Å²) in [5.41, 5.74) is 2.47. The van der Waals surface area contributed by atoms with Crippen LogP contribution in [0.4, 0.5) is 0 Å². The van der Waals surface area contributed by atoms with Gasteiger partial charge < -0.3 is 10.1 Å². The zero-order chi connectivity index (χ0) is 12.1. The Bertz CT molecular complexity index is 342. The number of aryl methyl sites for hydroxylation is 2. The van der Waals surface area contributed by atoms with E-state index in [0.717, 1.165) is 32.7 Å². The van der Waals surface area contributed by atoms with Crippen molar-refractivity contribution < 1.29 is 4.74 Å². The first kappa shape index (κ1) is 12.6. The molecular weight excluding hydrogens is 214 g/mol. The predicted octanol–water partition coefficient (Wildman–Crippen LogP) is 1.73. The van der Waals surface area contributed by atoms with Crippen molar-refractivity contribution in [2.75, 3.05) is 13.2 Å². The quantitative estimate of drug-likeness (QED) is 0.847. The highest BCUT2D eigenvalue weighted by molar-refractivity contribution is 5.10. The molecule has 1 aromatic rings. The molecule has 1 fully saturated rings. The Hall–Kier alpha value is -0.870. The van der Waals surface area contributed by atoms with Crippen molar-refractivity contribution >= 4 is 0 Å². The Morgan fingerprint density at radius 2 is 2.41 bits per heavy atom. The highest BCUT2D eigenvalue weighted by atomic mass is 16.5. The van der Waals surface area contributed by atoms with Gasteiger partial charge in [0.05, 0.1) is 18.0 Å². The average molecular weight is 237 g/mol. The van der Waals surface area contributed by atoms with Gasteiger partial charge in [-0.05, 0) is 32.3 Å². The Morgan fingerprint density at radius 1 is 1.53 bits per heavy atom. The van der Waals surface area contributed by atoms with Gasteiger partial charge in [-0.2, -0.15) is 5.10 Å². The van der Waals surface area contributed by atoms with E-state index in [1.54, 1.807) is 0 Å². The lowest BCUT2D eigenvalue weighted by Gasteiger charge is -2.23. The molecule has 4 heteroatoms. The van der Waals surface area contributed by atoms with Crippen LogP contribution < -0.4 is 5.32 Å². The normalized spacial score (nSPS) is 20.7. The van der Waals surface area contributed by atoms with Crippen molar-refractivity contribution in [2.24, 2.45) is 0 Å². The van der Waals surface area contributed by atoms with Gasteiger partial charge in [-0.15, -0.1) is 0 Å². The van der Waals surface area contributed by atoms with E-state index >= 15 is 0 Å². The third-order valence-corrected chi connectivity index (χ3v) is 3.31. The van der Waals surface area contributed by atoms with E-state index < -0.39 is 0 Å². The van der Waals surface area contributed by atoms with E-state index in [2.05, 4.69) is 35.0 Å². The van der Waals surface area contributed by atoms with E-state index in [4.69, 9.17) is 4.74 Å². The number of hydrogen-bond donors (Lipinski definition) is 1. The third kappa shape index (κ3) is 3.30. The van der Waals surface area contributed by atoms with E-state index in [1.807, 2.05) is 0 Å². The molecule has 4 nitrogen and oxygen atoms in total. The van der Waals surface area contributed by atoms with Gasteiger partial charge in [-0.25, -0.2) is 0 Å². The van der Waals surface area contributed by atoms with Gasteiger partial charge >= 0.3 is 0 Å². The molecule has 1 aliphatic rings. The first-order chi connectivity index (χ1) is 8.33. The summed E-state index contributed by atoms with van der Waals surface area (Å²) >= 11 is 0. The molecule has 1 N–H and O–H groups in total. The van der Waals surface area contributed by atoms with E-state index in [-0.39, 0.29) is 0 Å².